The summed E-state index contributed by atoms with van der Waals surface area (Å²) >= 11 is 0. The third-order valence-corrected chi connectivity index (χ3v) is 6.90. The molecule has 5 nitrogen and oxygen atoms in total. The van der Waals surface area contributed by atoms with E-state index in [9.17, 15) is 13.2 Å². The largest absolute Gasteiger partial charge is 0.321 e. The lowest BCUT2D eigenvalue weighted by Gasteiger charge is -2.17. The number of carbonyl (C=O) groups excluding carboxylic acids is 1. The molecule has 0 saturated carbocycles. The van der Waals surface area contributed by atoms with Gasteiger partial charge in [-0.1, -0.05) is 44.2 Å². The molecule has 168 valence electrons. The number of benzene rings is 3. The highest BCUT2D eigenvalue weighted by Gasteiger charge is 2.21. The van der Waals surface area contributed by atoms with Crippen LogP contribution in [-0.4, -0.2) is 14.3 Å². The maximum atomic E-state index is 13.1. The molecule has 0 unspecified atom stereocenters. The summed E-state index contributed by atoms with van der Waals surface area (Å²) in [5, 5.41) is 2.99. The van der Waals surface area contributed by atoms with Crippen molar-refractivity contribution in [3.05, 3.63) is 88.0 Å². The molecule has 0 aliphatic rings. The smallest absolute Gasteiger partial charge is 0.262 e. The SMILES string of the molecule is Cc1cc(C)cc(NS(=O)(=O)c2cc(C(=O)Nc3c(C)cccc3C(C)C)ccc2C)c1. The molecule has 0 atom stereocenters. The van der Waals surface area contributed by atoms with E-state index in [1.54, 1.807) is 31.2 Å². The number of nitrogens with one attached hydrogen (secondary N) is 2. The highest BCUT2D eigenvalue weighted by molar-refractivity contribution is 7.92. The van der Waals surface area contributed by atoms with E-state index >= 15 is 0 Å². The second kappa shape index (κ2) is 9.17. The van der Waals surface area contributed by atoms with Gasteiger partial charge in [0.05, 0.1) is 4.90 Å². The molecule has 3 rings (SSSR count). The van der Waals surface area contributed by atoms with Crippen LogP contribution in [0.3, 0.4) is 0 Å². The Labute approximate surface area is 190 Å². The van der Waals surface area contributed by atoms with Crippen LogP contribution in [-0.2, 0) is 10.0 Å². The van der Waals surface area contributed by atoms with Crippen molar-refractivity contribution in [2.45, 2.75) is 52.4 Å². The molecule has 3 aromatic carbocycles. The van der Waals surface area contributed by atoms with Gasteiger partial charge in [-0.25, -0.2) is 8.42 Å². The molecule has 0 aliphatic carbocycles. The Morgan fingerprint density at radius 1 is 0.844 bits per heavy atom. The van der Waals surface area contributed by atoms with Gasteiger partial charge in [0.25, 0.3) is 15.9 Å². The number of anilines is 2. The molecule has 0 fully saturated rings. The molecular formula is C26H30N2O3S. The number of rotatable bonds is 6. The summed E-state index contributed by atoms with van der Waals surface area (Å²) < 4.78 is 28.9. The maximum absolute atomic E-state index is 13.1. The lowest BCUT2D eigenvalue weighted by molar-refractivity contribution is 0.102. The van der Waals surface area contributed by atoms with Crippen LogP contribution in [0.4, 0.5) is 11.4 Å². The van der Waals surface area contributed by atoms with Gasteiger partial charge in [-0.2, -0.15) is 0 Å². The first-order valence-corrected chi connectivity index (χ1v) is 12.1. The molecule has 1 amide bonds. The van der Waals surface area contributed by atoms with E-state index in [1.165, 1.54) is 6.07 Å². The van der Waals surface area contributed by atoms with Gasteiger partial charge >= 0.3 is 0 Å². The minimum Gasteiger partial charge on any atom is -0.321 e. The van der Waals surface area contributed by atoms with Crippen LogP contribution < -0.4 is 10.0 Å². The number of amides is 1. The molecule has 3 aromatic rings. The normalized spacial score (nSPS) is 11.5. The van der Waals surface area contributed by atoms with Crippen molar-refractivity contribution in [1.29, 1.82) is 0 Å². The van der Waals surface area contributed by atoms with Crippen molar-refractivity contribution in [3.8, 4) is 0 Å². The summed E-state index contributed by atoms with van der Waals surface area (Å²) in [6.45, 7) is 11.6. The number of hydrogen-bond acceptors (Lipinski definition) is 3. The fourth-order valence-corrected chi connectivity index (χ4v) is 5.11. The van der Waals surface area contributed by atoms with E-state index in [1.807, 2.05) is 45.0 Å². The van der Waals surface area contributed by atoms with Crippen molar-refractivity contribution in [1.82, 2.24) is 0 Å². The first kappa shape index (κ1) is 23.5. The van der Waals surface area contributed by atoms with Crippen LogP contribution in [0.2, 0.25) is 0 Å². The van der Waals surface area contributed by atoms with Crippen molar-refractivity contribution in [2.75, 3.05) is 10.0 Å². The minimum atomic E-state index is -3.87. The van der Waals surface area contributed by atoms with Gasteiger partial charge in [0, 0.05) is 16.9 Å². The molecule has 0 aliphatic heterocycles. The fourth-order valence-electron chi connectivity index (χ4n) is 3.80. The summed E-state index contributed by atoms with van der Waals surface area (Å²) in [6, 6.07) is 16.2. The number of hydrogen-bond donors (Lipinski definition) is 2. The van der Waals surface area contributed by atoms with Crippen LogP contribution >= 0.6 is 0 Å². The summed E-state index contributed by atoms with van der Waals surface area (Å²) in [4.78, 5) is 13.1. The highest BCUT2D eigenvalue weighted by atomic mass is 32.2. The Morgan fingerprint density at radius 3 is 2.12 bits per heavy atom. The molecule has 0 radical (unpaired) electrons. The van der Waals surface area contributed by atoms with Crippen molar-refractivity contribution < 1.29 is 13.2 Å². The van der Waals surface area contributed by atoms with Crippen LogP contribution in [0.25, 0.3) is 0 Å². The fraction of sp³-hybridized carbons (Fsp3) is 0.269. The molecule has 0 aromatic heterocycles. The summed E-state index contributed by atoms with van der Waals surface area (Å²) in [7, 11) is -3.87. The maximum Gasteiger partial charge on any atom is 0.262 e. The average molecular weight is 451 g/mol. The molecule has 0 spiro atoms. The summed E-state index contributed by atoms with van der Waals surface area (Å²) in [5.74, 6) is -0.106. The Kier molecular flexibility index (Phi) is 6.74. The van der Waals surface area contributed by atoms with Crippen molar-refractivity contribution in [3.63, 3.8) is 0 Å². The third-order valence-electron chi connectivity index (χ3n) is 5.38. The topological polar surface area (TPSA) is 75.3 Å². The predicted octanol–water partition coefficient (Wildman–Crippen LogP) is 6.10. The zero-order valence-corrected chi connectivity index (χ0v) is 20.2. The molecule has 0 bridgehead atoms. The Morgan fingerprint density at radius 2 is 1.50 bits per heavy atom. The van der Waals surface area contributed by atoms with Gasteiger partial charge in [0.15, 0.2) is 0 Å². The van der Waals surface area contributed by atoms with Crippen LogP contribution in [0.15, 0.2) is 59.5 Å². The second-order valence-corrected chi connectivity index (χ2v) is 10.3. The van der Waals surface area contributed by atoms with E-state index in [-0.39, 0.29) is 22.3 Å². The second-order valence-electron chi connectivity index (χ2n) is 8.61. The lowest BCUT2D eigenvalue weighted by atomic mass is 9.98. The van der Waals surface area contributed by atoms with Crippen LogP contribution in [0.1, 0.15) is 57.9 Å². The van der Waals surface area contributed by atoms with Gasteiger partial charge in [-0.3, -0.25) is 9.52 Å². The highest BCUT2D eigenvalue weighted by Crippen LogP contribution is 2.28. The lowest BCUT2D eigenvalue weighted by Crippen LogP contribution is -2.18. The zero-order valence-electron chi connectivity index (χ0n) is 19.4. The molecule has 0 saturated heterocycles. The summed E-state index contributed by atoms with van der Waals surface area (Å²) in [5.41, 5.74) is 6.05. The van der Waals surface area contributed by atoms with Crippen LogP contribution in [0.5, 0.6) is 0 Å². The minimum absolute atomic E-state index is 0.0816. The van der Waals surface area contributed by atoms with Crippen LogP contribution in [0, 0.1) is 27.7 Å². The Balaban J connectivity index is 1.94. The number of para-hydroxylation sites is 1. The monoisotopic (exact) mass is 450 g/mol. The molecule has 32 heavy (non-hydrogen) atoms. The zero-order chi connectivity index (χ0) is 23.6. The molecule has 6 heteroatoms. The molecule has 0 heterocycles. The van der Waals surface area contributed by atoms with Crippen molar-refractivity contribution >= 4 is 27.3 Å². The molecule has 2 N–H and O–H groups in total. The van der Waals surface area contributed by atoms with Crippen molar-refractivity contribution in [2.24, 2.45) is 0 Å². The van der Waals surface area contributed by atoms with E-state index in [0.29, 0.717) is 11.3 Å². The van der Waals surface area contributed by atoms with E-state index < -0.39 is 10.0 Å². The Bertz CT molecular complexity index is 1260. The van der Waals surface area contributed by atoms with Gasteiger partial charge in [-0.05, 0) is 85.7 Å². The van der Waals surface area contributed by atoms with Gasteiger partial charge in [-0.15, -0.1) is 0 Å². The Hall–Kier alpha value is -3.12. The van der Waals surface area contributed by atoms with Gasteiger partial charge < -0.3 is 5.32 Å². The third kappa shape index (κ3) is 5.19. The standard InChI is InChI=1S/C26H30N2O3S/c1-16(2)23-9-7-8-20(6)25(23)27-26(29)21-11-10-19(5)24(15-21)32(30,31)28-22-13-17(3)12-18(4)14-22/h7-16,28H,1-6H3,(H,27,29). The quantitative estimate of drug-likeness (QED) is 0.477. The molecular weight excluding hydrogens is 420 g/mol. The number of aryl methyl sites for hydroxylation is 4. The van der Waals surface area contributed by atoms with E-state index in [2.05, 4.69) is 23.9 Å². The average Bonchev–Trinajstić information content (AvgIpc) is 2.68. The number of sulfonamides is 1. The van der Waals surface area contributed by atoms with E-state index in [0.717, 1.165) is 27.9 Å². The van der Waals surface area contributed by atoms with Gasteiger partial charge in [0.2, 0.25) is 0 Å². The summed E-state index contributed by atoms with van der Waals surface area (Å²) in [6.07, 6.45) is 0. The first-order chi connectivity index (χ1) is 15.0. The number of carbonyl (C=O) groups is 1. The predicted molar refractivity (Wildman–Crippen MR) is 131 cm³/mol. The van der Waals surface area contributed by atoms with E-state index in [4.69, 9.17) is 0 Å². The van der Waals surface area contributed by atoms with Gasteiger partial charge in [0.1, 0.15) is 0 Å². The first-order valence-electron chi connectivity index (χ1n) is 10.6.